The second kappa shape index (κ2) is 4.84. The van der Waals surface area contributed by atoms with E-state index in [9.17, 15) is 9.18 Å². The van der Waals surface area contributed by atoms with Gasteiger partial charge in [-0.1, -0.05) is 6.07 Å². The van der Waals surface area contributed by atoms with E-state index in [0.29, 0.717) is 35.5 Å². The molecule has 6 heteroatoms. The van der Waals surface area contributed by atoms with E-state index in [1.54, 1.807) is 18.3 Å². The van der Waals surface area contributed by atoms with Crippen LogP contribution >= 0.6 is 0 Å². The lowest BCUT2D eigenvalue weighted by Crippen LogP contribution is -2.24. The number of carbonyl (C=O) groups excluding carboxylic acids is 1. The summed E-state index contributed by atoms with van der Waals surface area (Å²) in [6, 6.07) is 6.78. The minimum absolute atomic E-state index is 0.148. The number of rotatable bonds is 1. The molecule has 0 saturated carbocycles. The van der Waals surface area contributed by atoms with Gasteiger partial charge in [0, 0.05) is 17.1 Å². The van der Waals surface area contributed by atoms with Crippen molar-refractivity contribution in [3.8, 4) is 16.9 Å². The van der Waals surface area contributed by atoms with Crippen LogP contribution < -0.4 is 10.1 Å². The van der Waals surface area contributed by atoms with Crippen LogP contribution in [0.2, 0.25) is 0 Å². The molecule has 2 aromatic heterocycles. The van der Waals surface area contributed by atoms with Gasteiger partial charge in [-0.3, -0.25) is 4.79 Å². The van der Waals surface area contributed by atoms with Gasteiger partial charge < -0.3 is 15.0 Å². The summed E-state index contributed by atoms with van der Waals surface area (Å²) in [7, 11) is 0. The van der Waals surface area contributed by atoms with Crippen LogP contribution in [0, 0.1) is 5.82 Å². The van der Waals surface area contributed by atoms with Crippen LogP contribution in [0.15, 0.2) is 36.7 Å². The number of ether oxygens (including phenoxy) is 1. The molecule has 0 aliphatic carbocycles. The van der Waals surface area contributed by atoms with Crippen LogP contribution in [0.3, 0.4) is 0 Å². The highest BCUT2D eigenvalue weighted by Crippen LogP contribution is 2.32. The molecular weight excluding hydrogens is 285 g/mol. The normalized spacial score (nSPS) is 14.1. The largest absolute Gasteiger partial charge is 0.491 e. The highest BCUT2D eigenvalue weighted by atomic mass is 19.1. The second-order valence-corrected chi connectivity index (χ2v) is 5.07. The van der Waals surface area contributed by atoms with Crippen molar-refractivity contribution in [2.45, 2.75) is 0 Å². The van der Waals surface area contributed by atoms with Gasteiger partial charge in [-0.15, -0.1) is 0 Å². The summed E-state index contributed by atoms with van der Waals surface area (Å²) in [5.74, 6) is -0.00404. The predicted octanol–water partition coefficient (Wildman–Crippen LogP) is 2.49. The number of nitrogens with zero attached hydrogens (tertiary/aromatic N) is 1. The molecular formula is C16H12FN3O2. The highest BCUT2D eigenvalue weighted by Gasteiger charge is 2.18. The second-order valence-electron chi connectivity index (χ2n) is 5.07. The summed E-state index contributed by atoms with van der Waals surface area (Å²) >= 11 is 0. The van der Waals surface area contributed by atoms with Gasteiger partial charge in [-0.05, 0) is 23.8 Å². The maximum Gasteiger partial charge on any atom is 0.255 e. The Labute approximate surface area is 125 Å². The fourth-order valence-corrected chi connectivity index (χ4v) is 2.63. The van der Waals surface area contributed by atoms with Gasteiger partial charge in [0.15, 0.2) is 0 Å². The van der Waals surface area contributed by atoms with E-state index in [1.807, 2.05) is 6.07 Å². The molecule has 110 valence electrons. The number of benzene rings is 1. The fraction of sp³-hybridized carbons (Fsp3) is 0.125. The molecule has 1 aliphatic heterocycles. The smallest absolute Gasteiger partial charge is 0.255 e. The number of pyridine rings is 1. The minimum Gasteiger partial charge on any atom is -0.491 e. The molecule has 0 atom stereocenters. The van der Waals surface area contributed by atoms with E-state index < -0.39 is 5.82 Å². The van der Waals surface area contributed by atoms with Crippen LogP contribution in [0.1, 0.15) is 10.4 Å². The molecule has 1 aliphatic rings. The molecule has 1 amide bonds. The van der Waals surface area contributed by atoms with E-state index in [-0.39, 0.29) is 5.91 Å². The average molecular weight is 297 g/mol. The van der Waals surface area contributed by atoms with Crippen LogP contribution in [-0.2, 0) is 0 Å². The summed E-state index contributed by atoms with van der Waals surface area (Å²) in [5.41, 5.74) is 2.78. The van der Waals surface area contributed by atoms with Gasteiger partial charge in [0.1, 0.15) is 23.8 Å². The molecule has 3 heterocycles. The van der Waals surface area contributed by atoms with Crippen molar-refractivity contribution in [2.24, 2.45) is 0 Å². The van der Waals surface area contributed by atoms with E-state index in [2.05, 4.69) is 15.3 Å². The third-order valence-corrected chi connectivity index (χ3v) is 3.68. The molecule has 0 radical (unpaired) electrons. The van der Waals surface area contributed by atoms with E-state index in [0.717, 1.165) is 11.1 Å². The van der Waals surface area contributed by atoms with Crippen molar-refractivity contribution in [1.82, 2.24) is 15.3 Å². The number of hydrogen-bond acceptors (Lipinski definition) is 3. The van der Waals surface area contributed by atoms with Crippen LogP contribution in [0.5, 0.6) is 5.75 Å². The van der Waals surface area contributed by atoms with Crippen LogP contribution in [0.4, 0.5) is 4.39 Å². The summed E-state index contributed by atoms with van der Waals surface area (Å²) in [6.45, 7) is 0.900. The lowest BCUT2D eigenvalue weighted by molar-refractivity contribution is 0.0957. The maximum absolute atomic E-state index is 13.4. The summed E-state index contributed by atoms with van der Waals surface area (Å²) < 4.78 is 19.0. The standard InChI is InChI=1S/C16H12FN3O2/c17-10-6-12-13(8-20-15(12)19-7-10)9-1-2-11-14(5-9)22-4-3-18-16(11)21/h1-2,5-8H,3-4H2,(H,18,21)(H,19,20). The number of hydrogen-bond donors (Lipinski definition) is 2. The molecule has 0 spiro atoms. The molecule has 5 nitrogen and oxygen atoms in total. The van der Waals surface area contributed by atoms with E-state index in [1.165, 1.54) is 12.3 Å². The number of amides is 1. The monoisotopic (exact) mass is 297 g/mol. The van der Waals surface area contributed by atoms with Crippen molar-refractivity contribution in [1.29, 1.82) is 0 Å². The van der Waals surface area contributed by atoms with Crippen molar-refractivity contribution in [2.75, 3.05) is 13.2 Å². The number of halogens is 1. The fourth-order valence-electron chi connectivity index (χ4n) is 2.63. The maximum atomic E-state index is 13.4. The Hall–Kier alpha value is -2.89. The van der Waals surface area contributed by atoms with Crippen LogP contribution in [0.25, 0.3) is 22.2 Å². The van der Waals surface area contributed by atoms with Crippen molar-refractivity contribution >= 4 is 16.9 Å². The van der Waals surface area contributed by atoms with Crippen molar-refractivity contribution in [3.05, 3.63) is 48.0 Å². The first-order valence-corrected chi connectivity index (χ1v) is 6.90. The molecule has 0 unspecified atom stereocenters. The zero-order chi connectivity index (χ0) is 15.1. The Kier molecular flexibility index (Phi) is 2.82. The van der Waals surface area contributed by atoms with Gasteiger partial charge >= 0.3 is 0 Å². The number of carbonyl (C=O) groups is 1. The highest BCUT2D eigenvalue weighted by molar-refractivity contribution is 5.99. The molecule has 1 aromatic carbocycles. The van der Waals surface area contributed by atoms with E-state index >= 15 is 0 Å². The average Bonchev–Trinajstić information content (AvgIpc) is 2.84. The molecule has 0 fully saturated rings. The minimum atomic E-state index is -0.390. The first-order valence-electron chi connectivity index (χ1n) is 6.90. The van der Waals surface area contributed by atoms with Crippen LogP contribution in [-0.4, -0.2) is 29.0 Å². The molecule has 4 rings (SSSR count). The van der Waals surface area contributed by atoms with Gasteiger partial charge in [0.05, 0.1) is 18.3 Å². The van der Waals surface area contributed by atoms with Gasteiger partial charge in [-0.2, -0.15) is 0 Å². The summed E-state index contributed by atoms with van der Waals surface area (Å²) in [5, 5.41) is 3.45. The topological polar surface area (TPSA) is 67.0 Å². The number of nitrogens with one attached hydrogen (secondary N) is 2. The number of aromatic amines is 1. The predicted molar refractivity (Wildman–Crippen MR) is 79.3 cm³/mol. The van der Waals surface area contributed by atoms with Crippen molar-refractivity contribution < 1.29 is 13.9 Å². The Morgan fingerprint density at radius 1 is 1.23 bits per heavy atom. The Bertz CT molecular complexity index is 888. The molecule has 0 bridgehead atoms. The number of aromatic nitrogens is 2. The van der Waals surface area contributed by atoms with Gasteiger partial charge in [0.25, 0.3) is 5.91 Å². The first kappa shape index (κ1) is 12.8. The summed E-state index contributed by atoms with van der Waals surface area (Å²) in [4.78, 5) is 18.9. The molecule has 22 heavy (non-hydrogen) atoms. The Morgan fingerprint density at radius 3 is 3.05 bits per heavy atom. The first-order chi connectivity index (χ1) is 10.7. The third-order valence-electron chi connectivity index (χ3n) is 3.68. The zero-order valence-electron chi connectivity index (χ0n) is 11.5. The summed E-state index contributed by atoms with van der Waals surface area (Å²) in [6.07, 6.45) is 2.95. The van der Waals surface area contributed by atoms with E-state index in [4.69, 9.17) is 4.74 Å². The zero-order valence-corrected chi connectivity index (χ0v) is 11.5. The van der Waals surface area contributed by atoms with Gasteiger partial charge in [0.2, 0.25) is 0 Å². The molecule has 3 aromatic rings. The third kappa shape index (κ3) is 2.00. The lowest BCUT2D eigenvalue weighted by atomic mass is 10.0. The molecule has 2 N–H and O–H groups in total. The SMILES string of the molecule is O=C1NCCOc2cc(-c3c[nH]c4ncc(F)cc34)ccc21. The Balaban J connectivity index is 1.87. The van der Waals surface area contributed by atoms with Gasteiger partial charge in [-0.25, -0.2) is 9.37 Å². The number of fused-ring (bicyclic) bond motifs is 2. The Morgan fingerprint density at radius 2 is 2.14 bits per heavy atom. The number of H-pyrrole nitrogens is 1. The quantitative estimate of drug-likeness (QED) is 0.725. The lowest BCUT2D eigenvalue weighted by Gasteiger charge is -2.08. The molecule has 0 saturated heterocycles. The van der Waals surface area contributed by atoms with Crippen molar-refractivity contribution in [3.63, 3.8) is 0 Å².